The summed E-state index contributed by atoms with van der Waals surface area (Å²) < 4.78 is 0. The van der Waals surface area contributed by atoms with Crippen molar-refractivity contribution in [3.05, 3.63) is 46.3 Å². The average Bonchev–Trinajstić information content (AvgIpc) is 3.22. The molecule has 1 atom stereocenters. The fourth-order valence-corrected chi connectivity index (χ4v) is 3.30. The second kappa shape index (κ2) is 6.58. The largest absolute Gasteiger partial charge is 0.348 e. The molecule has 3 rings (SSSR count). The maximum Gasteiger partial charge on any atom is 0.129 e. The molecule has 1 fully saturated rings. The molecule has 21 heavy (non-hydrogen) atoms. The number of aromatic nitrogens is 1. The van der Waals surface area contributed by atoms with Crippen LogP contribution in [0.2, 0.25) is 0 Å². The predicted octanol–water partition coefficient (Wildman–Crippen LogP) is 3.98. The highest BCUT2D eigenvalue weighted by Gasteiger charge is 2.30. The highest BCUT2D eigenvalue weighted by molar-refractivity contribution is 7.09. The molecule has 3 nitrogen and oxygen atoms in total. The first-order valence-electron chi connectivity index (χ1n) is 7.76. The maximum atomic E-state index is 4.71. The van der Waals surface area contributed by atoms with Crippen LogP contribution in [0.5, 0.6) is 0 Å². The van der Waals surface area contributed by atoms with Crippen molar-refractivity contribution in [1.29, 1.82) is 0 Å². The van der Waals surface area contributed by atoms with E-state index in [1.54, 1.807) is 0 Å². The van der Waals surface area contributed by atoms with E-state index in [9.17, 15) is 0 Å². The van der Waals surface area contributed by atoms with Crippen molar-refractivity contribution in [3.8, 4) is 0 Å². The number of nitrogens with zero attached hydrogens (tertiary/aromatic N) is 2. The Morgan fingerprint density at radius 1 is 1.38 bits per heavy atom. The third kappa shape index (κ3) is 3.63. The van der Waals surface area contributed by atoms with Crippen LogP contribution in [0, 0.1) is 0 Å². The van der Waals surface area contributed by atoms with Gasteiger partial charge in [-0.15, -0.1) is 11.3 Å². The molecular weight excluding hydrogens is 278 g/mol. The summed E-state index contributed by atoms with van der Waals surface area (Å²) in [6.45, 7) is 6.28. The van der Waals surface area contributed by atoms with Gasteiger partial charge >= 0.3 is 0 Å². The van der Waals surface area contributed by atoms with Gasteiger partial charge in [0.05, 0.1) is 6.54 Å². The van der Waals surface area contributed by atoms with E-state index in [1.165, 1.54) is 23.3 Å². The van der Waals surface area contributed by atoms with Gasteiger partial charge < -0.3 is 10.2 Å². The topological polar surface area (TPSA) is 28.2 Å². The van der Waals surface area contributed by atoms with Crippen LogP contribution in [0.1, 0.15) is 43.2 Å². The number of rotatable bonds is 7. The van der Waals surface area contributed by atoms with Crippen molar-refractivity contribution in [2.24, 2.45) is 0 Å². The second-order valence-corrected chi connectivity index (χ2v) is 6.70. The van der Waals surface area contributed by atoms with Crippen molar-refractivity contribution < 1.29 is 0 Å². The van der Waals surface area contributed by atoms with Gasteiger partial charge in [0.2, 0.25) is 0 Å². The van der Waals surface area contributed by atoms with Gasteiger partial charge in [-0.05, 0) is 49.4 Å². The molecule has 1 N–H and O–H groups in total. The van der Waals surface area contributed by atoms with E-state index >= 15 is 0 Å². The van der Waals surface area contributed by atoms with Crippen LogP contribution < -0.4 is 10.2 Å². The first kappa shape index (κ1) is 14.5. The van der Waals surface area contributed by atoms with Crippen molar-refractivity contribution in [3.63, 3.8) is 0 Å². The average molecular weight is 301 g/mol. The zero-order valence-electron chi connectivity index (χ0n) is 12.7. The summed E-state index contributed by atoms with van der Waals surface area (Å²) in [5.74, 6) is 1.11. The molecule has 0 spiro atoms. The van der Waals surface area contributed by atoms with E-state index < -0.39 is 0 Å². The molecule has 1 saturated carbocycles. The first-order valence-corrected chi connectivity index (χ1v) is 8.64. The lowest BCUT2D eigenvalue weighted by Crippen LogP contribution is -2.25. The summed E-state index contributed by atoms with van der Waals surface area (Å²) in [6.07, 6.45) is 4.61. The summed E-state index contributed by atoms with van der Waals surface area (Å²) >= 11 is 1.83. The summed E-state index contributed by atoms with van der Waals surface area (Å²) in [5.41, 5.74) is 1.26. The molecule has 2 aromatic heterocycles. The monoisotopic (exact) mass is 301 g/mol. The quantitative estimate of drug-likeness (QED) is 0.838. The SMILES string of the molecule is CCNC(C)c1ccc(N(Cc2cccs2)C2CC2)nc1. The Balaban J connectivity index is 1.74. The van der Waals surface area contributed by atoms with Gasteiger partial charge in [-0.3, -0.25) is 0 Å². The van der Waals surface area contributed by atoms with Gasteiger partial charge in [0.1, 0.15) is 5.82 Å². The van der Waals surface area contributed by atoms with Gasteiger partial charge in [0.25, 0.3) is 0 Å². The minimum absolute atomic E-state index is 0.364. The number of hydrogen-bond donors (Lipinski definition) is 1. The van der Waals surface area contributed by atoms with Crippen LogP contribution in [0.25, 0.3) is 0 Å². The van der Waals surface area contributed by atoms with Crippen LogP contribution in [-0.2, 0) is 6.54 Å². The zero-order valence-corrected chi connectivity index (χ0v) is 13.6. The Morgan fingerprint density at radius 2 is 2.24 bits per heavy atom. The highest BCUT2D eigenvalue weighted by atomic mass is 32.1. The van der Waals surface area contributed by atoms with Crippen molar-refractivity contribution in [1.82, 2.24) is 10.3 Å². The molecule has 0 amide bonds. The molecule has 2 aromatic rings. The molecule has 0 aliphatic heterocycles. The lowest BCUT2D eigenvalue weighted by Gasteiger charge is -2.23. The van der Waals surface area contributed by atoms with Gasteiger partial charge in [0.15, 0.2) is 0 Å². The molecule has 0 saturated heterocycles. The van der Waals surface area contributed by atoms with Gasteiger partial charge in [-0.1, -0.05) is 19.1 Å². The number of anilines is 1. The van der Waals surface area contributed by atoms with Crippen molar-refractivity contribution in [2.75, 3.05) is 11.4 Å². The van der Waals surface area contributed by atoms with Crippen LogP contribution in [-0.4, -0.2) is 17.6 Å². The molecule has 112 valence electrons. The van der Waals surface area contributed by atoms with E-state index in [0.29, 0.717) is 12.1 Å². The molecule has 4 heteroatoms. The molecule has 0 bridgehead atoms. The van der Waals surface area contributed by atoms with E-state index in [4.69, 9.17) is 4.98 Å². The number of hydrogen-bond acceptors (Lipinski definition) is 4. The molecule has 0 aromatic carbocycles. The Bertz CT molecular complexity index is 546. The zero-order chi connectivity index (χ0) is 14.7. The minimum atomic E-state index is 0.364. The molecule has 1 aliphatic rings. The third-order valence-electron chi connectivity index (χ3n) is 3.97. The van der Waals surface area contributed by atoms with Gasteiger partial charge in [-0.25, -0.2) is 4.98 Å². The van der Waals surface area contributed by atoms with Crippen LogP contribution in [0.4, 0.5) is 5.82 Å². The Hall–Kier alpha value is -1.39. The fourth-order valence-electron chi connectivity index (χ4n) is 2.60. The lowest BCUT2D eigenvalue weighted by molar-refractivity contribution is 0.596. The summed E-state index contributed by atoms with van der Waals surface area (Å²) in [7, 11) is 0. The first-order chi connectivity index (χ1) is 10.3. The predicted molar refractivity (Wildman–Crippen MR) is 89.9 cm³/mol. The molecule has 2 heterocycles. The van der Waals surface area contributed by atoms with E-state index in [0.717, 1.165) is 18.9 Å². The van der Waals surface area contributed by atoms with Crippen molar-refractivity contribution in [2.45, 2.75) is 45.3 Å². The Labute approximate surface area is 131 Å². The highest BCUT2D eigenvalue weighted by Crippen LogP contribution is 2.33. The van der Waals surface area contributed by atoms with E-state index in [1.807, 2.05) is 17.5 Å². The molecule has 0 radical (unpaired) electrons. The van der Waals surface area contributed by atoms with Crippen molar-refractivity contribution >= 4 is 17.2 Å². The Kier molecular flexibility index (Phi) is 4.56. The lowest BCUT2D eigenvalue weighted by atomic mass is 10.1. The smallest absolute Gasteiger partial charge is 0.129 e. The molecule has 1 unspecified atom stereocenters. The van der Waals surface area contributed by atoms with Gasteiger partial charge in [0, 0.05) is 23.2 Å². The fraction of sp³-hybridized carbons (Fsp3) is 0.471. The maximum absolute atomic E-state index is 4.71. The number of nitrogens with one attached hydrogen (secondary N) is 1. The molecular formula is C17H23N3S. The van der Waals surface area contributed by atoms with E-state index in [2.05, 4.69) is 53.7 Å². The summed E-state index contributed by atoms with van der Waals surface area (Å²) in [5, 5.41) is 5.58. The van der Waals surface area contributed by atoms with Crippen LogP contribution >= 0.6 is 11.3 Å². The number of thiophene rings is 1. The second-order valence-electron chi connectivity index (χ2n) is 5.67. The number of pyridine rings is 1. The minimum Gasteiger partial charge on any atom is -0.348 e. The standard InChI is InChI=1S/C17H23N3S/c1-3-18-13(2)14-6-9-17(19-11-14)20(15-7-8-15)12-16-5-4-10-21-16/h4-6,9-11,13,15,18H,3,7-8,12H2,1-2H3. The van der Waals surface area contributed by atoms with Crippen LogP contribution in [0.15, 0.2) is 35.8 Å². The normalized spacial score (nSPS) is 15.9. The molecule has 1 aliphatic carbocycles. The Morgan fingerprint density at radius 3 is 2.81 bits per heavy atom. The summed E-state index contributed by atoms with van der Waals surface area (Å²) in [4.78, 5) is 8.58. The third-order valence-corrected chi connectivity index (χ3v) is 4.83. The van der Waals surface area contributed by atoms with Gasteiger partial charge in [-0.2, -0.15) is 0 Å². The summed E-state index contributed by atoms with van der Waals surface area (Å²) in [6, 6.07) is 9.76. The van der Waals surface area contributed by atoms with E-state index in [-0.39, 0.29) is 0 Å². The van der Waals surface area contributed by atoms with Crippen LogP contribution in [0.3, 0.4) is 0 Å².